The van der Waals surface area contributed by atoms with Gasteiger partial charge in [0.15, 0.2) is 0 Å². The summed E-state index contributed by atoms with van der Waals surface area (Å²) in [5.41, 5.74) is -1.70. The molecule has 2 atom stereocenters. The smallest absolute Gasteiger partial charge is 0.487 e. The third-order valence-electron chi connectivity index (χ3n) is 7.28. The predicted octanol–water partition coefficient (Wildman–Crippen LogP) is 4.90. The van der Waals surface area contributed by atoms with E-state index in [0.717, 1.165) is 6.07 Å². The fraction of sp³-hybridized carbons (Fsp3) is 0.625. The molecular formula is C24H33BF3NO5. The fourth-order valence-electron chi connectivity index (χ4n) is 4.66. The number of carbonyl (C=O) groups is 1. The van der Waals surface area contributed by atoms with Crippen LogP contribution in [-0.2, 0) is 26.8 Å². The molecule has 1 unspecified atom stereocenters. The van der Waals surface area contributed by atoms with Crippen LogP contribution in [0.3, 0.4) is 0 Å². The Labute approximate surface area is 199 Å². The fourth-order valence-corrected chi connectivity index (χ4v) is 4.66. The highest BCUT2D eigenvalue weighted by atomic mass is 19.4. The number of aliphatic carboxylic acids is 1. The van der Waals surface area contributed by atoms with Crippen LogP contribution in [-0.4, -0.2) is 54.5 Å². The van der Waals surface area contributed by atoms with Gasteiger partial charge in [-0.25, -0.2) is 0 Å². The molecule has 2 aliphatic heterocycles. The lowest BCUT2D eigenvalue weighted by Gasteiger charge is -2.39. The molecule has 0 amide bonds. The molecular weight excluding hydrogens is 450 g/mol. The number of carboxylic acid groups (broad SMARTS) is 1. The maximum absolute atomic E-state index is 14.0. The van der Waals surface area contributed by atoms with E-state index in [9.17, 15) is 23.1 Å². The molecule has 34 heavy (non-hydrogen) atoms. The highest BCUT2D eigenvalue weighted by molar-refractivity contribution is 6.52. The molecule has 2 saturated heterocycles. The van der Waals surface area contributed by atoms with Crippen LogP contribution in [0.1, 0.15) is 57.7 Å². The molecule has 10 heteroatoms. The van der Waals surface area contributed by atoms with Crippen LogP contribution in [0.4, 0.5) is 13.2 Å². The van der Waals surface area contributed by atoms with E-state index in [-0.39, 0.29) is 18.0 Å². The zero-order valence-electron chi connectivity index (χ0n) is 20.5. The number of alkyl halides is 3. The second kappa shape index (κ2) is 9.55. The van der Waals surface area contributed by atoms with Crippen LogP contribution >= 0.6 is 0 Å². The van der Waals surface area contributed by atoms with Gasteiger partial charge in [0.05, 0.1) is 29.8 Å². The van der Waals surface area contributed by atoms with Crippen molar-refractivity contribution < 1.29 is 37.1 Å². The van der Waals surface area contributed by atoms with Gasteiger partial charge in [0.25, 0.3) is 0 Å². The summed E-state index contributed by atoms with van der Waals surface area (Å²) in [7, 11) is 0.621. The van der Waals surface area contributed by atoms with E-state index >= 15 is 0 Å². The van der Waals surface area contributed by atoms with Gasteiger partial charge in [0.2, 0.25) is 0 Å². The Morgan fingerprint density at radius 3 is 2.50 bits per heavy atom. The van der Waals surface area contributed by atoms with Gasteiger partial charge in [0.1, 0.15) is 5.75 Å². The minimum absolute atomic E-state index is 0.0545. The molecule has 6 nitrogen and oxygen atoms in total. The van der Waals surface area contributed by atoms with E-state index in [4.69, 9.17) is 14.0 Å². The number of carboxylic acids is 1. The van der Waals surface area contributed by atoms with Gasteiger partial charge in [0, 0.05) is 18.7 Å². The molecule has 1 N–H and O–H groups in total. The molecule has 0 saturated carbocycles. The van der Waals surface area contributed by atoms with Crippen molar-refractivity contribution >= 4 is 19.2 Å². The van der Waals surface area contributed by atoms with Gasteiger partial charge in [-0.1, -0.05) is 25.9 Å². The largest absolute Gasteiger partial charge is 0.496 e. The first kappa shape index (κ1) is 26.6. The number of hydrogen-bond donors (Lipinski definition) is 1. The Balaban J connectivity index is 1.89. The van der Waals surface area contributed by atoms with Crippen LogP contribution in [0, 0.1) is 11.8 Å². The summed E-state index contributed by atoms with van der Waals surface area (Å²) in [6.45, 7) is 10.8. The number of rotatable bonds is 7. The van der Waals surface area contributed by atoms with Crippen molar-refractivity contribution in [1.82, 2.24) is 4.90 Å². The van der Waals surface area contributed by atoms with E-state index in [1.54, 1.807) is 0 Å². The maximum atomic E-state index is 14.0. The molecule has 0 spiro atoms. The number of methoxy groups -OCH3 is 1. The van der Waals surface area contributed by atoms with Gasteiger partial charge in [-0.05, 0) is 57.4 Å². The number of ether oxygens (including phenoxy) is 1. The number of benzene rings is 1. The molecule has 0 aromatic heterocycles. The van der Waals surface area contributed by atoms with Crippen LogP contribution in [0.25, 0.3) is 6.08 Å². The van der Waals surface area contributed by atoms with Gasteiger partial charge in [-0.15, -0.1) is 0 Å². The Hall–Kier alpha value is -2.04. The van der Waals surface area contributed by atoms with Crippen molar-refractivity contribution in [1.29, 1.82) is 0 Å². The first-order valence-electron chi connectivity index (χ1n) is 11.4. The number of likely N-dealkylation sites (tertiary alicyclic amines) is 1. The Bertz CT molecular complexity index is 949. The minimum atomic E-state index is -4.58. The lowest BCUT2D eigenvalue weighted by Crippen LogP contribution is -2.48. The highest BCUT2D eigenvalue weighted by Crippen LogP contribution is 2.43. The minimum Gasteiger partial charge on any atom is -0.496 e. The molecule has 0 bridgehead atoms. The van der Waals surface area contributed by atoms with Crippen molar-refractivity contribution in [2.45, 2.75) is 65.0 Å². The molecule has 188 valence electrons. The molecule has 0 radical (unpaired) electrons. The second-order valence-corrected chi connectivity index (χ2v) is 10.0. The van der Waals surface area contributed by atoms with Crippen molar-refractivity contribution in [3.63, 3.8) is 0 Å². The number of halogens is 3. The summed E-state index contributed by atoms with van der Waals surface area (Å²) in [5, 5.41) is 9.20. The molecule has 2 aliphatic rings. The van der Waals surface area contributed by atoms with E-state index in [1.165, 1.54) is 25.2 Å². The van der Waals surface area contributed by atoms with Crippen LogP contribution < -0.4 is 4.74 Å². The number of nitrogens with zero attached hydrogens (tertiary/aromatic N) is 1. The van der Waals surface area contributed by atoms with Crippen LogP contribution in [0.5, 0.6) is 5.75 Å². The average Bonchev–Trinajstić information content (AvgIpc) is 3.28. The van der Waals surface area contributed by atoms with Crippen molar-refractivity contribution in [2.24, 2.45) is 11.8 Å². The van der Waals surface area contributed by atoms with Crippen LogP contribution in [0.15, 0.2) is 18.1 Å². The zero-order valence-corrected chi connectivity index (χ0v) is 20.5. The van der Waals surface area contributed by atoms with Crippen molar-refractivity contribution in [2.75, 3.05) is 20.2 Å². The summed E-state index contributed by atoms with van der Waals surface area (Å²) < 4.78 is 59.4. The third-order valence-corrected chi connectivity index (χ3v) is 7.28. The second-order valence-electron chi connectivity index (χ2n) is 10.0. The molecule has 0 aliphatic carbocycles. The average molecular weight is 483 g/mol. The van der Waals surface area contributed by atoms with Crippen molar-refractivity contribution in [3.8, 4) is 5.75 Å². The maximum Gasteiger partial charge on any atom is 0.487 e. The summed E-state index contributed by atoms with van der Waals surface area (Å²) in [6, 6.07) is 2.45. The Kier molecular flexibility index (Phi) is 7.46. The van der Waals surface area contributed by atoms with E-state index < -0.39 is 41.9 Å². The van der Waals surface area contributed by atoms with E-state index in [2.05, 4.69) is 0 Å². The Morgan fingerprint density at radius 1 is 1.32 bits per heavy atom. The van der Waals surface area contributed by atoms with E-state index in [1.807, 2.05) is 39.5 Å². The first-order chi connectivity index (χ1) is 15.7. The quantitative estimate of drug-likeness (QED) is 0.557. The monoisotopic (exact) mass is 483 g/mol. The first-order valence-corrected chi connectivity index (χ1v) is 11.4. The summed E-state index contributed by atoms with van der Waals surface area (Å²) in [6.07, 6.45) is -2.76. The summed E-state index contributed by atoms with van der Waals surface area (Å²) in [4.78, 5) is 13.1. The normalized spacial score (nSPS) is 25.6. The summed E-state index contributed by atoms with van der Waals surface area (Å²) >= 11 is 0. The molecule has 3 rings (SSSR count). The predicted molar refractivity (Wildman–Crippen MR) is 123 cm³/mol. The van der Waals surface area contributed by atoms with Gasteiger partial charge in [-0.2, -0.15) is 13.2 Å². The topological polar surface area (TPSA) is 68.2 Å². The number of hydrogen-bond acceptors (Lipinski definition) is 5. The molecule has 1 aromatic carbocycles. The SMILES string of the molecule is COc1cc(/C=C/B2OC(C)(C)C(C)(C(C)C)O2)c(C(F)(F)F)cc1CN1CC[C@@H](C(=O)O)C1. The Morgan fingerprint density at radius 2 is 2.00 bits per heavy atom. The molecule has 2 fully saturated rings. The molecule has 1 aromatic rings. The van der Waals surface area contributed by atoms with Gasteiger partial charge in [-0.3, -0.25) is 9.69 Å². The zero-order chi connectivity index (χ0) is 25.5. The highest BCUT2D eigenvalue weighted by Gasteiger charge is 2.54. The molecule has 2 heterocycles. The standard InChI is InChI=1S/C24H33BF3NO5/c1-15(2)23(5)22(3,4)33-25(34-23)9-7-16-12-20(32-6)18(11-19(16)24(26,27)28)14-29-10-8-17(13-29)21(30)31/h7,9,11-12,15,17H,8,10,13-14H2,1-6H3,(H,30,31)/b9-7+/t17-,23?/m1/s1. The van der Waals surface area contributed by atoms with Crippen LogP contribution in [0.2, 0.25) is 0 Å². The van der Waals surface area contributed by atoms with Gasteiger partial charge >= 0.3 is 19.3 Å². The van der Waals surface area contributed by atoms with Gasteiger partial charge < -0.3 is 19.2 Å². The lowest BCUT2D eigenvalue weighted by molar-refractivity contribution is -0.141. The van der Waals surface area contributed by atoms with E-state index in [0.29, 0.717) is 30.8 Å². The third kappa shape index (κ3) is 5.29. The lowest BCUT2D eigenvalue weighted by atomic mass is 9.79. The van der Waals surface area contributed by atoms with Crippen molar-refractivity contribution in [3.05, 3.63) is 34.8 Å². The summed E-state index contributed by atoms with van der Waals surface area (Å²) in [5.74, 6) is 0.544.